The second-order valence-corrected chi connectivity index (χ2v) is 7.42. The molecule has 0 aliphatic heterocycles. The standard InChI is InChI=1S/C17H17N3O6S/c1-3-25-14(22)10-26-17-15(27(23,24)12-7-5-4-6-8-12)16-18-11(2)9-13(21)20(16)19-17/h4-9,21H,3,10H2,1-2H3. The number of hydrogen-bond acceptors (Lipinski definition) is 8. The van der Waals surface area contributed by atoms with E-state index in [0.717, 1.165) is 4.52 Å². The highest BCUT2D eigenvalue weighted by molar-refractivity contribution is 7.91. The summed E-state index contributed by atoms with van der Waals surface area (Å²) in [5.41, 5.74) is 0.288. The fourth-order valence-corrected chi connectivity index (χ4v) is 3.91. The van der Waals surface area contributed by atoms with Gasteiger partial charge in [0.05, 0.1) is 11.5 Å². The maximum atomic E-state index is 13.2. The normalized spacial score (nSPS) is 11.5. The molecule has 0 saturated heterocycles. The van der Waals surface area contributed by atoms with Gasteiger partial charge in [-0.15, -0.1) is 5.10 Å². The summed E-state index contributed by atoms with van der Waals surface area (Å²) in [5.74, 6) is -1.33. The summed E-state index contributed by atoms with van der Waals surface area (Å²) in [6.07, 6.45) is 0. The third-order valence-corrected chi connectivity index (χ3v) is 5.37. The first-order chi connectivity index (χ1) is 12.8. The summed E-state index contributed by atoms with van der Waals surface area (Å²) in [5, 5.41) is 14.1. The molecule has 0 radical (unpaired) electrons. The van der Waals surface area contributed by atoms with Crippen LogP contribution in [0.1, 0.15) is 12.6 Å². The van der Waals surface area contributed by atoms with Crippen LogP contribution >= 0.6 is 0 Å². The van der Waals surface area contributed by atoms with Crippen molar-refractivity contribution in [2.24, 2.45) is 0 Å². The van der Waals surface area contributed by atoms with E-state index < -0.39 is 22.4 Å². The number of aromatic hydroxyl groups is 1. The number of nitrogens with zero attached hydrogens (tertiary/aromatic N) is 3. The zero-order valence-corrected chi connectivity index (χ0v) is 15.4. The van der Waals surface area contributed by atoms with E-state index in [0.29, 0.717) is 5.69 Å². The van der Waals surface area contributed by atoms with Crippen LogP contribution in [0.3, 0.4) is 0 Å². The molecule has 3 rings (SSSR count). The summed E-state index contributed by atoms with van der Waals surface area (Å²) in [6, 6.07) is 9.00. The van der Waals surface area contributed by atoms with Gasteiger partial charge < -0.3 is 14.6 Å². The van der Waals surface area contributed by atoms with Gasteiger partial charge in [-0.05, 0) is 26.0 Å². The highest BCUT2D eigenvalue weighted by Crippen LogP contribution is 2.33. The molecule has 0 atom stereocenters. The molecule has 1 N–H and O–H groups in total. The molecule has 0 spiro atoms. The van der Waals surface area contributed by atoms with Crippen LogP contribution in [-0.2, 0) is 19.4 Å². The van der Waals surface area contributed by atoms with Crippen molar-refractivity contribution in [3.8, 4) is 11.8 Å². The maximum absolute atomic E-state index is 13.2. The SMILES string of the molecule is CCOC(=O)COc1nn2c(O)cc(C)nc2c1S(=O)(=O)c1ccccc1. The lowest BCUT2D eigenvalue weighted by Gasteiger charge is -2.07. The van der Waals surface area contributed by atoms with Gasteiger partial charge in [0.2, 0.25) is 15.7 Å². The predicted octanol–water partition coefficient (Wildman–Crippen LogP) is 1.52. The summed E-state index contributed by atoms with van der Waals surface area (Å²) >= 11 is 0. The molecule has 0 aliphatic rings. The van der Waals surface area contributed by atoms with Crippen molar-refractivity contribution in [1.29, 1.82) is 0 Å². The van der Waals surface area contributed by atoms with E-state index in [1.807, 2.05) is 0 Å². The van der Waals surface area contributed by atoms with Crippen molar-refractivity contribution < 1.29 is 27.8 Å². The Morgan fingerprint density at radius 1 is 1.26 bits per heavy atom. The minimum Gasteiger partial charge on any atom is -0.493 e. The molecule has 0 bridgehead atoms. The van der Waals surface area contributed by atoms with Crippen LogP contribution < -0.4 is 4.74 Å². The van der Waals surface area contributed by atoms with Crippen LogP contribution in [-0.4, -0.2) is 47.3 Å². The van der Waals surface area contributed by atoms with Crippen molar-refractivity contribution in [1.82, 2.24) is 14.6 Å². The van der Waals surface area contributed by atoms with E-state index in [1.165, 1.54) is 18.2 Å². The van der Waals surface area contributed by atoms with Gasteiger partial charge in [0, 0.05) is 11.8 Å². The quantitative estimate of drug-likeness (QED) is 0.628. The van der Waals surface area contributed by atoms with E-state index in [9.17, 15) is 18.3 Å². The number of carbonyl (C=O) groups is 1. The van der Waals surface area contributed by atoms with Gasteiger partial charge in [0.15, 0.2) is 17.1 Å². The topological polar surface area (TPSA) is 120 Å². The highest BCUT2D eigenvalue weighted by atomic mass is 32.2. The van der Waals surface area contributed by atoms with E-state index in [1.54, 1.807) is 32.0 Å². The number of aromatic nitrogens is 3. The fraction of sp³-hybridized carbons (Fsp3) is 0.235. The molecular formula is C17H17N3O6S. The minimum atomic E-state index is -4.08. The maximum Gasteiger partial charge on any atom is 0.344 e. The van der Waals surface area contributed by atoms with Gasteiger partial charge in [0.25, 0.3) is 5.88 Å². The second kappa shape index (κ2) is 7.23. The molecule has 2 aromatic heterocycles. The van der Waals surface area contributed by atoms with Gasteiger partial charge in [-0.3, -0.25) is 0 Å². The van der Waals surface area contributed by atoms with E-state index in [2.05, 4.69) is 10.1 Å². The van der Waals surface area contributed by atoms with Crippen LogP contribution in [0.15, 0.2) is 46.2 Å². The monoisotopic (exact) mass is 391 g/mol. The largest absolute Gasteiger partial charge is 0.493 e. The lowest BCUT2D eigenvalue weighted by Crippen LogP contribution is -2.16. The summed E-state index contributed by atoms with van der Waals surface area (Å²) in [7, 11) is -4.08. The molecule has 10 heteroatoms. The molecule has 3 aromatic rings. The Labute approximate surface area is 155 Å². The smallest absolute Gasteiger partial charge is 0.344 e. The van der Waals surface area contributed by atoms with Gasteiger partial charge in [-0.2, -0.15) is 4.52 Å². The Morgan fingerprint density at radius 3 is 2.63 bits per heavy atom. The second-order valence-electron chi connectivity index (χ2n) is 5.54. The fourth-order valence-electron chi connectivity index (χ4n) is 2.46. The number of esters is 1. The first-order valence-electron chi connectivity index (χ1n) is 8.02. The van der Waals surface area contributed by atoms with Crippen LogP contribution in [0.5, 0.6) is 11.8 Å². The number of rotatable bonds is 6. The van der Waals surface area contributed by atoms with Gasteiger partial charge in [-0.1, -0.05) is 18.2 Å². The van der Waals surface area contributed by atoms with Crippen molar-refractivity contribution in [3.63, 3.8) is 0 Å². The summed E-state index contributed by atoms with van der Waals surface area (Å²) in [6.45, 7) is 2.86. The molecule has 27 heavy (non-hydrogen) atoms. The Balaban J connectivity index is 2.19. The van der Waals surface area contributed by atoms with Crippen molar-refractivity contribution in [2.75, 3.05) is 13.2 Å². The Morgan fingerprint density at radius 2 is 1.96 bits per heavy atom. The third kappa shape index (κ3) is 3.56. The average Bonchev–Trinajstić information content (AvgIpc) is 3.00. The number of sulfone groups is 1. The molecule has 0 aliphatic carbocycles. The first kappa shape index (κ1) is 18.6. The molecule has 142 valence electrons. The predicted molar refractivity (Wildman–Crippen MR) is 93.4 cm³/mol. The number of hydrogen-bond donors (Lipinski definition) is 1. The van der Waals surface area contributed by atoms with Crippen LogP contribution in [0.4, 0.5) is 0 Å². The Hall–Kier alpha value is -3.14. The molecule has 2 heterocycles. The van der Waals surface area contributed by atoms with Gasteiger partial charge in [-0.25, -0.2) is 18.2 Å². The number of benzene rings is 1. The van der Waals surface area contributed by atoms with E-state index >= 15 is 0 Å². The van der Waals surface area contributed by atoms with Crippen molar-refractivity contribution in [2.45, 2.75) is 23.6 Å². The van der Waals surface area contributed by atoms with Gasteiger partial charge in [0.1, 0.15) is 0 Å². The summed E-state index contributed by atoms with van der Waals surface area (Å²) in [4.78, 5) is 15.4. The third-order valence-electron chi connectivity index (χ3n) is 3.58. The number of fused-ring (bicyclic) bond motifs is 1. The average molecular weight is 391 g/mol. The molecule has 0 unspecified atom stereocenters. The first-order valence-corrected chi connectivity index (χ1v) is 9.50. The Bertz CT molecular complexity index is 1090. The molecule has 0 saturated carbocycles. The van der Waals surface area contributed by atoms with Gasteiger partial charge >= 0.3 is 5.97 Å². The highest BCUT2D eigenvalue weighted by Gasteiger charge is 2.31. The lowest BCUT2D eigenvalue weighted by molar-refractivity contribution is -0.145. The summed E-state index contributed by atoms with van der Waals surface area (Å²) < 4.78 is 37.3. The molecule has 0 amide bonds. The lowest BCUT2D eigenvalue weighted by atomic mass is 10.4. The molecule has 1 aromatic carbocycles. The number of ether oxygens (including phenoxy) is 2. The van der Waals surface area contributed by atoms with E-state index in [-0.39, 0.29) is 33.8 Å². The molecule has 0 fully saturated rings. The van der Waals surface area contributed by atoms with Crippen molar-refractivity contribution in [3.05, 3.63) is 42.1 Å². The zero-order chi connectivity index (χ0) is 19.6. The van der Waals surface area contributed by atoms with Crippen molar-refractivity contribution >= 4 is 21.5 Å². The molecular weight excluding hydrogens is 374 g/mol. The number of aryl methyl sites for hydroxylation is 1. The molecule has 9 nitrogen and oxygen atoms in total. The van der Waals surface area contributed by atoms with Crippen LogP contribution in [0.2, 0.25) is 0 Å². The van der Waals surface area contributed by atoms with Crippen LogP contribution in [0, 0.1) is 6.92 Å². The zero-order valence-electron chi connectivity index (χ0n) is 14.6. The Kier molecular flexibility index (Phi) is 5.00. The van der Waals surface area contributed by atoms with E-state index in [4.69, 9.17) is 9.47 Å². The van der Waals surface area contributed by atoms with Crippen LogP contribution in [0.25, 0.3) is 5.65 Å². The minimum absolute atomic E-state index is 0.00341. The number of carbonyl (C=O) groups excluding carboxylic acids is 1.